The first-order valence-corrected chi connectivity index (χ1v) is 15.6. The standard InChI is InChI=1S/C32H38FN3O5S/c1-4-30(32(38)34-26-11-7-8-12-26)35(21-24-10-6-5-9-23(24)2)31(37)22-36(27-15-13-25(33)14-16-27)42(39,40)29-19-17-28(41-3)18-20-29/h5-6,9-10,13-20,26,30H,4,7-8,11-12,21-22H2,1-3H3,(H,34,38)/t30-/m0/s1. The van der Waals surface area contributed by atoms with Crippen LogP contribution in [0, 0.1) is 12.7 Å². The van der Waals surface area contributed by atoms with Crippen molar-refractivity contribution in [3.05, 3.63) is 89.7 Å². The lowest BCUT2D eigenvalue weighted by Gasteiger charge is -2.34. The number of anilines is 1. The number of nitrogens with one attached hydrogen (secondary N) is 1. The maximum atomic E-state index is 14.2. The lowest BCUT2D eigenvalue weighted by molar-refractivity contribution is -0.140. The fourth-order valence-electron chi connectivity index (χ4n) is 5.27. The molecule has 1 fully saturated rings. The van der Waals surface area contributed by atoms with Gasteiger partial charge in [0.15, 0.2) is 0 Å². The number of benzene rings is 3. The van der Waals surface area contributed by atoms with Gasteiger partial charge in [0.25, 0.3) is 10.0 Å². The summed E-state index contributed by atoms with van der Waals surface area (Å²) >= 11 is 0. The monoisotopic (exact) mass is 595 g/mol. The number of carbonyl (C=O) groups is 2. The van der Waals surface area contributed by atoms with Gasteiger partial charge in [-0.2, -0.15) is 0 Å². The zero-order chi connectivity index (χ0) is 30.3. The van der Waals surface area contributed by atoms with Crippen LogP contribution in [-0.4, -0.2) is 50.9 Å². The summed E-state index contributed by atoms with van der Waals surface area (Å²) in [4.78, 5) is 29.1. The molecule has 2 amide bonds. The first kappa shape index (κ1) is 31.0. The van der Waals surface area contributed by atoms with Crippen molar-refractivity contribution in [1.29, 1.82) is 0 Å². The highest BCUT2D eigenvalue weighted by molar-refractivity contribution is 7.92. The molecule has 3 aromatic carbocycles. The van der Waals surface area contributed by atoms with Crippen molar-refractivity contribution in [2.75, 3.05) is 18.0 Å². The molecule has 0 bridgehead atoms. The second kappa shape index (κ2) is 13.8. The van der Waals surface area contributed by atoms with Crippen LogP contribution in [0.15, 0.2) is 77.7 Å². The van der Waals surface area contributed by atoms with Crippen LogP contribution in [0.3, 0.4) is 0 Å². The Hall–Kier alpha value is -3.92. The Bertz CT molecular complexity index is 1470. The van der Waals surface area contributed by atoms with Gasteiger partial charge in [-0.05, 0) is 85.8 Å². The molecule has 0 spiro atoms. The van der Waals surface area contributed by atoms with E-state index in [1.807, 2.05) is 38.1 Å². The molecule has 1 saturated carbocycles. The molecule has 1 N–H and O–H groups in total. The Morgan fingerprint density at radius 1 is 1.00 bits per heavy atom. The van der Waals surface area contributed by atoms with E-state index in [1.165, 1.54) is 48.4 Å². The van der Waals surface area contributed by atoms with Crippen LogP contribution in [0.2, 0.25) is 0 Å². The van der Waals surface area contributed by atoms with E-state index in [0.29, 0.717) is 12.2 Å². The number of nitrogens with zero attached hydrogens (tertiary/aromatic N) is 2. The Balaban J connectivity index is 1.71. The van der Waals surface area contributed by atoms with E-state index < -0.39 is 34.3 Å². The van der Waals surface area contributed by atoms with Crippen molar-refractivity contribution >= 4 is 27.5 Å². The molecule has 42 heavy (non-hydrogen) atoms. The van der Waals surface area contributed by atoms with Gasteiger partial charge >= 0.3 is 0 Å². The molecule has 1 aliphatic carbocycles. The fourth-order valence-corrected chi connectivity index (χ4v) is 6.68. The third-order valence-electron chi connectivity index (χ3n) is 7.73. The molecule has 4 rings (SSSR count). The van der Waals surface area contributed by atoms with Gasteiger partial charge in [-0.15, -0.1) is 0 Å². The van der Waals surface area contributed by atoms with Gasteiger partial charge in [0.05, 0.1) is 17.7 Å². The number of methoxy groups -OCH3 is 1. The van der Waals surface area contributed by atoms with Crippen molar-refractivity contribution in [3.63, 3.8) is 0 Å². The fraction of sp³-hybridized carbons (Fsp3) is 0.375. The van der Waals surface area contributed by atoms with E-state index in [4.69, 9.17) is 4.74 Å². The normalized spacial score (nSPS) is 14.3. The number of halogens is 1. The molecule has 0 heterocycles. The smallest absolute Gasteiger partial charge is 0.264 e. The summed E-state index contributed by atoms with van der Waals surface area (Å²) in [6.07, 6.45) is 4.23. The number of sulfonamides is 1. The lowest BCUT2D eigenvalue weighted by Crippen LogP contribution is -2.53. The summed E-state index contributed by atoms with van der Waals surface area (Å²) in [7, 11) is -2.79. The maximum absolute atomic E-state index is 14.2. The molecule has 0 radical (unpaired) electrons. The van der Waals surface area contributed by atoms with E-state index in [9.17, 15) is 22.4 Å². The average Bonchev–Trinajstić information content (AvgIpc) is 3.50. The van der Waals surface area contributed by atoms with Crippen LogP contribution in [0.1, 0.15) is 50.2 Å². The van der Waals surface area contributed by atoms with E-state index in [0.717, 1.165) is 53.2 Å². The SMILES string of the molecule is CC[C@@H](C(=O)NC1CCCC1)N(Cc1ccccc1C)C(=O)CN(c1ccc(F)cc1)S(=O)(=O)c1ccc(OC)cc1. The van der Waals surface area contributed by atoms with Gasteiger partial charge in [0, 0.05) is 12.6 Å². The number of carbonyl (C=O) groups excluding carboxylic acids is 2. The summed E-state index contributed by atoms with van der Waals surface area (Å²) < 4.78 is 47.8. The highest BCUT2D eigenvalue weighted by Gasteiger charge is 2.34. The predicted molar refractivity (Wildman–Crippen MR) is 160 cm³/mol. The summed E-state index contributed by atoms with van der Waals surface area (Å²) in [5.41, 5.74) is 1.92. The molecule has 0 saturated heterocycles. The van der Waals surface area contributed by atoms with Crippen molar-refractivity contribution < 1.29 is 27.1 Å². The molecule has 3 aromatic rings. The summed E-state index contributed by atoms with van der Waals surface area (Å²) in [6.45, 7) is 3.31. The summed E-state index contributed by atoms with van der Waals surface area (Å²) in [6, 6.07) is 17.6. The second-order valence-corrected chi connectivity index (χ2v) is 12.4. The number of hydrogen-bond acceptors (Lipinski definition) is 5. The van der Waals surface area contributed by atoms with Gasteiger partial charge in [-0.1, -0.05) is 44.0 Å². The molecule has 0 aliphatic heterocycles. The van der Waals surface area contributed by atoms with Gasteiger partial charge in [0.1, 0.15) is 24.2 Å². The Morgan fingerprint density at radius 3 is 2.24 bits per heavy atom. The van der Waals surface area contributed by atoms with Crippen molar-refractivity contribution in [2.45, 2.75) is 69.5 Å². The molecular weight excluding hydrogens is 557 g/mol. The van der Waals surface area contributed by atoms with E-state index in [-0.39, 0.29) is 29.1 Å². The van der Waals surface area contributed by atoms with Gasteiger partial charge in [0.2, 0.25) is 11.8 Å². The zero-order valence-electron chi connectivity index (χ0n) is 24.3. The number of amides is 2. The van der Waals surface area contributed by atoms with Gasteiger partial charge in [-0.25, -0.2) is 12.8 Å². The third-order valence-corrected chi connectivity index (χ3v) is 9.52. The molecule has 1 atom stereocenters. The minimum Gasteiger partial charge on any atom is -0.497 e. The van der Waals surface area contributed by atoms with E-state index in [2.05, 4.69) is 5.32 Å². The van der Waals surface area contributed by atoms with Crippen LogP contribution in [0.4, 0.5) is 10.1 Å². The summed E-state index contributed by atoms with van der Waals surface area (Å²) in [5.74, 6) is -0.865. The van der Waals surface area contributed by atoms with Gasteiger partial charge < -0.3 is 15.0 Å². The van der Waals surface area contributed by atoms with Crippen LogP contribution in [-0.2, 0) is 26.2 Å². The third kappa shape index (κ3) is 7.28. The minimum atomic E-state index is -4.27. The Kier molecular flexibility index (Phi) is 10.2. The molecule has 224 valence electrons. The molecule has 0 aromatic heterocycles. The number of aryl methyl sites for hydroxylation is 1. The first-order chi connectivity index (χ1) is 20.1. The van der Waals surface area contributed by atoms with Crippen LogP contribution in [0.5, 0.6) is 5.75 Å². The Labute approximate surface area is 247 Å². The maximum Gasteiger partial charge on any atom is 0.264 e. The number of hydrogen-bond donors (Lipinski definition) is 1. The number of ether oxygens (including phenoxy) is 1. The van der Waals surface area contributed by atoms with Crippen molar-refractivity contribution in [2.24, 2.45) is 0 Å². The molecule has 0 unspecified atom stereocenters. The predicted octanol–water partition coefficient (Wildman–Crippen LogP) is 5.20. The number of rotatable bonds is 12. The summed E-state index contributed by atoms with van der Waals surface area (Å²) in [5, 5.41) is 3.11. The average molecular weight is 596 g/mol. The molecular formula is C32H38FN3O5S. The quantitative estimate of drug-likeness (QED) is 0.310. The lowest BCUT2D eigenvalue weighted by atomic mass is 10.1. The largest absolute Gasteiger partial charge is 0.497 e. The van der Waals surface area contributed by atoms with Gasteiger partial charge in [-0.3, -0.25) is 13.9 Å². The van der Waals surface area contributed by atoms with Crippen molar-refractivity contribution in [1.82, 2.24) is 10.2 Å². The van der Waals surface area contributed by atoms with E-state index in [1.54, 1.807) is 0 Å². The zero-order valence-corrected chi connectivity index (χ0v) is 25.1. The van der Waals surface area contributed by atoms with Crippen LogP contribution in [0.25, 0.3) is 0 Å². The molecule has 8 nitrogen and oxygen atoms in total. The highest BCUT2D eigenvalue weighted by atomic mass is 32.2. The van der Waals surface area contributed by atoms with Crippen LogP contribution < -0.4 is 14.4 Å². The Morgan fingerprint density at radius 2 is 1.64 bits per heavy atom. The molecule has 10 heteroatoms. The first-order valence-electron chi connectivity index (χ1n) is 14.2. The minimum absolute atomic E-state index is 0.0584. The second-order valence-electron chi connectivity index (χ2n) is 10.5. The highest BCUT2D eigenvalue weighted by Crippen LogP contribution is 2.27. The van der Waals surface area contributed by atoms with E-state index >= 15 is 0 Å². The van der Waals surface area contributed by atoms with Crippen molar-refractivity contribution in [3.8, 4) is 5.75 Å². The topological polar surface area (TPSA) is 96.0 Å². The molecule has 1 aliphatic rings. The van der Waals surface area contributed by atoms with Crippen LogP contribution >= 0.6 is 0 Å².